The quantitative estimate of drug-likeness (QED) is 0.728. The molecule has 0 spiro atoms. The number of nitrogens with zero attached hydrogens (tertiary/aromatic N) is 3. The molecule has 0 aliphatic heterocycles. The summed E-state index contributed by atoms with van der Waals surface area (Å²) in [7, 11) is 0. The molecule has 128 valence electrons. The lowest BCUT2D eigenvalue weighted by Gasteiger charge is -2.25. The molecule has 1 aromatic carbocycles. The lowest BCUT2D eigenvalue weighted by Crippen LogP contribution is -2.51. The summed E-state index contributed by atoms with van der Waals surface area (Å²) in [5.74, 6) is -2.05. The average molecular weight is 331 g/mol. The third-order valence-electron chi connectivity index (χ3n) is 3.96. The number of amides is 1. The van der Waals surface area contributed by atoms with Crippen LogP contribution in [-0.4, -0.2) is 32.9 Å². The Morgan fingerprint density at radius 3 is 2.71 bits per heavy atom. The third-order valence-corrected chi connectivity index (χ3v) is 3.96. The molecule has 1 N–H and O–H groups in total. The molecular weight excluding hydrogens is 312 g/mol. The molecule has 1 heterocycles. The van der Waals surface area contributed by atoms with Gasteiger partial charge in [0.05, 0.1) is 23.9 Å². The minimum Gasteiger partial charge on any atom is -0.548 e. The fraction of sp³-hybridized carbons (Fsp3) is 0.438. The summed E-state index contributed by atoms with van der Waals surface area (Å²) in [6.07, 6.45) is 0.516. The highest BCUT2D eigenvalue weighted by molar-refractivity contribution is 5.82. The molecule has 8 heteroatoms. The molecule has 0 saturated heterocycles. The van der Waals surface area contributed by atoms with Crippen molar-refractivity contribution in [1.29, 1.82) is 0 Å². The second kappa shape index (κ2) is 7.67. The van der Waals surface area contributed by atoms with Crippen molar-refractivity contribution in [1.82, 2.24) is 20.3 Å². The summed E-state index contributed by atoms with van der Waals surface area (Å²) in [5.41, 5.74) is 0.142. The van der Waals surface area contributed by atoms with E-state index >= 15 is 0 Å². The minimum absolute atomic E-state index is 0.0166. The fourth-order valence-electron chi connectivity index (χ4n) is 2.29. The molecule has 2 rings (SSSR count). The van der Waals surface area contributed by atoms with E-state index in [0.717, 1.165) is 4.68 Å². The van der Waals surface area contributed by atoms with Crippen molar-refractivity contribution in [2.24, 2.45) is 5.92 Å². The highest BCUT2D eigenvalue weighted by Crippen LogP contribution is 2.07. The maximum atomic E-state index is 12.3. The Kier molecular flexibility index (Phi) is 5.62. The van der Waals surface area contributed by atoms with Crippen LogP contribution in [0.25, 0.3) is 10.9 Å². The van der Waals surface area contributed by atoms with Crippen LogP contribution in [0.1, 0.15) is 26.7 Å². The van der Waals surface area contributed by atoms with Crippen LogP contribution in [0.2, 0.25) is 0 Å². The molecule has 0 aliphatic carbocycles. The molecule has 0 bridgehead atoms. The molecule has 8 nitrogen and oxygen atoms in total. The number of aliphatic carboxylic acids is 1. The molecule has 2 aromatic rings. The number of carboxylic acids is 1. The number of aryl methyl sites for hydroxylation is 1. The second-order valence-corrected chi connectivity index (χ2v) is 5.63. The number of carboxylic acid groups (broad SMARTS) is 1. The van der Waals surface area contributed by atoms with Crippen LogP contribution >= 0.6 is 0 Å². The molecule has 1 amide bonds. The number of benzene rings is 1. The van der Waals surface area contributed by atoms with Crippen LogP contribution in [-0.2, 0) is 16.1 Å². The molecule has 0 aliphatic rings. The largest absolute Gasteiger partial charge is 0.548 e. The Bertz CT molecular complexity index is 802. The van der Waals surface area contributed by atoms with Gasteiger partial charge in [0, 0.05) is 6.42 Å². The van der Waals surface area contributed by atoms with E-state index in [9.17, 15) is 19.5 Å². The molecule has 0 saturated carbocycles. The van der Waals surface area contributed by atoms with Gasteiger partial charge in [-0.25, -0.2) is 4.68 Å². The normalized spacial score (nSPS) is 13.4. The van der Waals surface area contributed by atoms with Gasteiger partial charge in [-0.3, -0.25) is 9.59 Å². The van der Waals surface area contributed by atoms with E-state index in [1.807, 2.05) is 6.92 Å². The summed E-state index contributed by atoms with van der Waals surface area (Å²) in [6.45, 7) is 3.57. The summed E-state index contributed by atoms with van der Waals surface area (Å²) >= 11 is 0. The number of fused-ring (bicyclic) bond motifs is 1. The van der Waals surface area contributed by atoms with E-state index in [-0.39, 0.29) is 24.4 Å². The number of carbonyl (C=O) groups is 2. The van der Waals surface area contributed by atoms with E-state index < -0.39 is 17.9 Å². The van der Waals surface area contributed by atoms with Gasteiger partial charge in [0.25, 0.3) is 5.56 Å². The Morgan fingerprint density at radius 2 is 2.04 bits per heavy atom. The molecule has 0 unspecified atom stereocenters. The Balaban J connectivity index is 2.05. The van der Waals surface area contributed by atoms with Crippen molar-refractivity contribution >= 4 is 22.8 Å². The Morgan fingerprint density at radius 1 is 1.33 bits per heavy atom. The van der Waals surface area contributed by atoms with Crippen LogP contribution in [0.3, 0.4) is 0 Å². The first-order valence-electron chi connectivity index (χ1n) is 7.76. The van der Waals surface area contributed by atoms with Gasteiger partial charge in [0.2, 0.25) is 5.91 Å². The molecular formula is C16H19N4O4-. The van der Waals surface area contributed by atoms with Crippen molar-refractivity contribution < 1.29 is 14.7 Å². The SMILES string of the molecule is CC[C@@H](C)[C@H](NC(=O)CCn1nnc2ccccc2c1=O)C(=O)[O-]. The fourth-order valence-corrected chi connectivity index (χ4v) is 2.29. The standard InChI is InChI=1S/C16H20N4O4/c1-3-10(2)14(16(23)24)17-13(21)8-9-20-15(22)11-6-4-5-7-12(11)18-19-20/h4-7,10,14H,3,8-9H2,1-2H3,(H,17,21)(H,23,24)/p-1/t10-,14+/m1/s1. The first-order valence-corrected chi connectivity index (χ1v) is 7.76. The first kappa shape index (κ1) is 17.6. The zero-order valence-corrected chi connectivity index (χ0v) is 13.6. The number of hydrogen-bond donors (Lipinski definition) is 1. The van der Waals surface area contributed by atoms with Crippen LogP contribution in [0, 0.1) is 5.92 Å². The Hall–Kier alpha value is -2.77. The van der Waals surface area contributed by atoms with Crippen molar-refractivity contribution in [2.75, 3.05) is 0 Å². The maximum absolute atomic E-state index is 12.3. The van der Waals surface area contributed by atoms with Gasteiger partial charge in [0.1, 0.15) is 5.52 Å². The maximum Gasteiger partial charge on any atom is 0.277 e. The number of hydrogen-bond acceptors (Lipinski definition) is 6. The van der Waals surface area contributed by atoms with Crippen LogP contribution in [0.5, 0.6) is 0 Å². The molecule has 24 heavy (non-hydrogen) atoms. The van der Waals surface area contributed by atoms with Gasteiger partial charge < -0.3 is 15.2 Å². The molecule has 0 fully saturated rings. The van der Waals surface area contributed by atoms with Gasteiger partial charge in [-0.1, -0.05) is 37.6 Å². The third kappa shape index (κ3) is 3.95. The van der Waals surface area contributed by atoms with Gasteiger partial charge >= 0.3 is 0 Å². The van der Waals surface area contributed by atoms with Gasteiger partial charge in [-0.15, -0.1) is 5.10 Å². The molecule has 2 atom stereocenters. The lowest BCUT2D eigenvalue weighted by atomic mass is 9.99. The predicted molar refractivity (Wildman–Crippen MR) is 84.8 cm³/mol. The topological polar surface area (TPSA) is 117 Å². The van der Waals surface area contributed by atoms with E-state index in [4.69, 9.17) is 0 Å². The molecule has 0 radical (unpaired) electrons. The summed E-state index contributed by atoms with van der Waals surface area (Å²) in [5, 5.41) is 21.7. The van der Waals surface area contributed by atoms with Gasteiger partial charge in [0.15, 0.2) is 0 Å². The van der Waals surface area contributed by atoms with Crippen LogP contribution in [0.4, 0.5) is 0 Å². The summed E-state index contributed by atoms with van der Waals surface area (Å²) in [6, 6.07) is 5.74. The van der Waals surface area contributed by atoms with Crippen LogP contribution in [0.15, 0.2) is 29.1 Å². The average Bonchev–Trinajstić information content (AvgIpc) is 2.58. The minimum atomic E-state index is -1.32. The summed E-state index contributed by atoms with van der Waals surface area (Å²) < 4.78 is 1.10. The van der Waals surface area contributed by atoms with Crippen molar-refractivity contribution in [3.05, 3.63) is 34.6 Å². The lowest BCUT2D eigenvalue weighted by molar-refractivity contribution is -0.309. The van der Waals surface area contributed by atoms with E-state index in [2.05, 4.69) is 15.6 Å². The number of aromatic nitrogens is 3. The Labute approximate surface area is 138 Å². The van der Waals surface area contributed by atoms with E-state index in [1.165, 1.54) is 0 Å². The smallest absolute Gasteiger partial charge is 0.277 e. The predicted octanol–water partition coefficient (Wildman–Crippen LogP) is -0.538. The van der Waals surface area contributed by atoms with E-state index in [0.29, 0.717) is 17.3 Å². The second-order valence-electron chi connectivity index (χ2n) is 5.63. The van der Waals surface area contributed by atoms with Gasteiger partial charge in [-0.2, -0.15) is 0 Å². The van der Waals surface area contributed by atoms with Crippen LogP contribution < -0.4 is 16.0 Å². The number of rotatable bonds is 7. The zero-order chi connectivity index (χ0) is 17.7. The van der Waals surface area contributed by atoms with E-state index in [1.54, 1.807) is 31.2 Å². The molecule has 1 aromatic heterocycles. The summed E-state index contributed by atoms with van der Waals surface area (Å²) in [4.78, 5) is 35.3. The van der Waals surface area contributed by atoms with Crippen molar-refractivity contribution in [3.8, 4) is 0 Å². The van der Waals surface area contributed by atoms with Crippen molar-refractivity contribution in [3.63, 3.8) is 0 Å². The highest BCUT2D eigenvalue weighted by Gasteiger charge is 2.19. The van der Waals surface area contributed by atoms with Gasteiger partial charge in [-0.05, 0) is 18.1 Å². The highest BCUT2D eigenvalue weighted by atomic mass is 16.4. The number of nitrogens with one attached hydrogen (secondary N) is 1. The number of carbonyl (C=O) groups excluding carboxylic acids is 2. The zero-order valence-electron chi connectivity index (χ0n) is 13.6. The van der Waals surface area contributed by atoms with Crippen molar-refractivity contribution in [2.45, 2.75) is 39.3 Å². The first-order chi connectivity index (χ1) is 11.4. The monoisotopic (exact) mass is 331 g/mol.